The van der Waals surface area contributed by atoms with Gasteiger partial charge in [-0.1, -0.05) is 18.2 Å². The quantitative estimate of drug-likeness (QED) is 0.710. The van der Waals surface area contributed by atoms with E-state index in [2.05, 4.69) is 15.5 Å². The minimum atomic E-state index is -1.11. The maximum absolute atomic E-state index is 11.9. The van der Waals surface area contributed by atoms with Crippen molar-refractivity contribution in [2.45, 2.75) is 0 Å². The van der Waals surface area contributed by atoms with Gasteiger partial charge in [0, 0.05) is 22.4 Å². The number of rotatable bonds is 2. The molecule has 2 aromatic rings. The molecule has 0 radical (unpaired) electrons. The molecule has 94 valence electrons. The average molecular weight is 255 g/mol. The number of hydrogen-bond donors (Lipinski definition) is 3. The summed E-state index contributed by atoms with van der Waals surface area (Å²) in [6.45, 7) is 0. The number of H-pyrrole nitrogens is 1. The minimum absolute atomic E-state index is 0.0373. The number of carboxylic acids is 1. The number of aromatic carboxylic acids is 1. The highest BCUT2D eigenvalue weighted by molar-refractivity contribution is 6.35. The molecular formula is C13H9N3O3. The van der Waals surface area contributed by atoms with Crippen LogP contribution in [0, 0.1) is 0 Å². The maximum atomic E-state index is 11.9. The second-order valence-electron chi connectivity index (χ2n) is 4.06. The highest BCUT2D eigenvalue weighted by Gasteiger charge is 2.24. The number of carbonyl (C=O) groups excluding carboxylic acids is 1. The molecule has 19 heavy (non-hydrogen) atoms. The normalized spacial score (nSPS) is 15.4. The van der Waals surface area contributed by atoms with Crippen LogP contribution in [0.15, 0.2) is 30.5 Å². The fourth-order valence-electron chi connectivity index (χ4n) is 2.01. The molecule has 0 saturated heterocycles. The summed E-state index contributed by atoms with van der Waals surface area (Å²) in [5, 5.41) is 17.8. The number of aromatic nitrogens is 2. The van der Waals surface area contributed by atoms with E-state index in [9.17, 15) is 9.59 Å². The molecule has 0 unspecified atom stereocenters. The molecule has 2 heterocycles. The van der Waals surface area contributed by atoms with Crippen LogP contribution in [0.2, 0.25) is 0 Å². The molecule has 1 aliphatic rings. The first kappa shape index (κ1) is 11.2. The summed E-state index contributed by atoms with van der Waals surface area (Å²) in [5.74, 6) is -1.37. The monoisotopic (exact) mass is 255 g/mol. The Labute approximate surface area is 107 Å². The van der Waals surface area contributed by atoms with E-state index in [1.165, 1.54) is 12.3 Å². The van der Waals surface area contributed by atoms with Crippen molar-refractivity contribution in [2.75, 3.05) is 5.32 Å². The molecule has 6 nitrogen and oxygen atoms in total. The number of amides is 1. The van der Waals surface area contributed by atoms with Crippen molar-refractivity contribution in [3.63, 3.8) is 0 Å². The Kier molecular flexibility index (Phi) is 2.42. The lowest BCUT2D eigenvalue weighted by molar-refractivity contribution is -0.110. The minimum Gasteiger partial charge on any atom is -0.477 e. The third-order valence-corrected chi connectivity index (χ3v) is 2.89. The predicted octanol–water partition coefficient (Wildman–Crippen LogP) is 1.60. The van der Waals surface area contributed by atoms with Crippen molar-refractivity contribution in [3.05, 3.63) is 47.3 Å². The van der Waals surface area contributed by atoms with Gasteiger partial charge in [0.05, 0.1) is 6.20 Å². The predicted molar refractivity (Wildman–Crippen MR) is 68.5 cm³/mol. The number of aromatic amines is 1. The second kappa shape index (κ2) is 4.09. The van der Waals surface area contributed by atoms with Gasteiger partial charge in [-0.25, -0.2) is 4.79 Å². The van der Waals surface area contributed by atoms with Gasteiger partial charge < -0.3 is 10.4 Å². The van der Waals surface area contributed by atoms with Crippen LogP contribution in [0.4, 0.5) is 5.69 Å². The van der Waals surface area contributed by atoms with E-state index in [0.29, 0.717) is 11.1 Å². The van der Waals surface area contributed by atoms with E-state index in [-0.39, 0.29) is 11.6 Å². The van der Waals surface area contributed by atoms with Crippen molar-refractivity contribution in [3.8, 4) is 0 Å². The van der Waals surface area contributed by atoms with Gasteiger partial charge in [-0.05, 0) is 12.1 Å². The van der Waals surface area contributed by atoms with Crippen LogP contribution >= 0.6 is 0 Å². The first-order valence-corrected chi connectivity index (χ1v) is 5.56. The number of para-hydroxylation sites is 1. The van der Waals surface area contributed by atoms with Crippen LogP contribution in [-0.4, -0.2) is 27.2 Å². The van der Waals surface area contributed by atoms with Crippen LogP contribution in [0.5, 0.6) is 0 Å². The Balaban J connectivity index is 2.12. The van der Waals surface area contributed by atoms with Crippen LogP contribution in [-0.2, 0) is 4.79 Å². The smallest absolute Gasteiger partial charge is 0.354 e. The standard InChI is InChI=1S/C13H9N3O3/c17-12-9(8-3-1-2-4-10(8)15-12)5-7-6-14-16-11(7)13(18)19/h1-6H,(H,14,16)(H,15,17)(H,18,19). The largest absolute Gasteiger partial charge is 0.477 e. The summed E-state index contributed by atoms with van der Waals surface area (Å²) in [6, 6.07) is 7.24. The zero-order chi connectivity index (χ0) is 13.4. The Morgan fingerprint density at radius 2 is 2.11 bits per heavy atom. The van der Waals surface area contributed by atoms with Crippen molar-refractivity contribution < 1.29 is 14.7 Å². The lowest BCUT2D eigenvalue weighted by atomic mass is 10.0. The van der Waals surface area contributed by atoms with Gasteiger partial charge in [0.25, 0.3) is 5.91 Å². The first-order chi connectivity index (χ1) is 9.16. The number of carboxylic acid groups (broad SMARTS) is 1. The summed E-state index contributed by atoms with van der Waals surface area (Å²) >= 11 is 0. The second-order valence-corrected chi connectivity index (χ2v) is 4.06. The molecule has 0 saturated carbocycles. The van der Waals surface area contributed by atoms with Crippen LogP contribution in [0.1, 0.15) is 21.6 Å². The molecule has 0 bridgehead atoms. The van der Waals surface area contributed by atoms with Crippen molar-refractivity contribution in [2.24, 2.45) is 0 Å². The lowest BCUT2D eigenvalue weighted by Crippen LogP contribution is -2.04. The van der Waals surface area contributed by atoms with Crippen molar-refractivity contribution in [1.82, 2.24) is 10.2 Å². The third-order valence-electron chi connectivity index (χ3n) is 2.89. The maximum Gasteiger partial charge on any atom is 0.354 e. The molecule has 3 rings (SSSR count). The lowest BCUT2D eigenvalue weighted by Gasteiger charge is -1.97. The Morgan fingerprint density at radius 3 is 2.89 bits per heavy atom. The van der Waals surface area contributed by atoms with Gasteiger partial charge in [0.2, 0.25) is 0 Å². The van der Waals surface area contributed by atoms with Crippen molar-refractivity contribution >= 4 is 29.2 Å². The van der Waals surface area contributed by atoms with E-state index >= 15 is 0 Å². The zero-order valence-electron chi connectivity index (χ0n) is 9.68. The molecule has 1 aliphatic heterocycles. The van der Waals surface area contributed by atoms with Crippen LogP contribution in [0.3, 0.4) is 0 Å². The van der Waals surface area contributed by atoms with E-state index in [4.69, 9.17) is 5.11 Å². The summed E-state index contributed by atoms with van der Waals surface area (Å²) in [6.07, 6.45) is 2.90. The van der Waals surface area contributed by atoms with Gasteiger partial charge in [0.1, 0.15) is 0 Å². The van der Waals surface area contributed by atoms with Gasteiger partial charge in [-0.15, -0.1) is 0 Å². The van der Waals surface area contributed by atoms with E-state index in [1.54, 1.807) is 12.1 Å². The number of benzene rings is 1. The molecule has 0 aliphatic carbocycles. The number of nitrogens with zero attached hydrogens (tertiary/aromatic N) is 1. The molecule has 0 spiro atoms. The fraction of sp³-hybridized carbons (Fsp3) is 0. The molecule has 3 N–H and O–H groups in total. The molecule has 1 aromatic heterocycles. The van der Waals surface area contributed by atoms with Gasteiger partial charge in [-0.2, -0.15) is 5.10 Å². The van der Waals surface area contributed by atoms with E-state index < -0.39 is 5.97 Å². The van der Waals surface area contributed by atoms with Crippen LogP contribution < -0.4 is 5.32 Å². The SMILES string of the molecule is O=C1Nc2ccccc2C1=Cc1cn[nH]c1C(=O)O. The van der Waals surface area contributed by atoms with E-state index in [0.717, 1.165) is 11.3 Å². The van der Waals surface area contributed by atoms with E-state index in [1.807, 2.05) is 12.1 Å². The fourth-order valence-corrected chi connectivity index (χ4v) is 2.01. The van der Waals surface area contributed by atoms with Gasteiger partial charge in [-0.3, -0.25) is 9.89 Å². The molecule has 0 fully saturated rings. The molecule has 1 aromatic carbocycles. The average Bonchev–Trinajstić information content (AvgIpc) is 2.96. The Morgan fingerprint density at radius 1 is 1.32 bits per heavy atom. The molecule has 6 heteroatoms. The molecule has 0 atom stereocenters. The van der Waals surface area contributed by atoms with Crippen LogP contribution in [0.25, 0.3) is 11.6 Å². The van der Waals surface area contributed by atoms with Gasteiger partial charge in [0.15, 0.2) is 5.69 Å². The number of anilines is 1. The highest BCUT2D eigenvalue weighted by Crippen LogP contribution is 2.32. The first-order valence-electron chi connectivity index (χ1n) is 5.56. The summed E-state index contributed by atoms with van der Waals surface area (Å²) in [4.78, 5) is 22.9. The molecular weight excluding hydrogens is 246 g/mol. The number of carbonyl (C=O) groups is 2. The van der Waals surface area contributed by atoms with Gasteiger partial charge >= 0.3 is 5.97 Å². The molecule has 1 amide bonds. The summed E-state index contributed by atoms with van der Waals surface area (Å²) in [5.41, 5.74) is 2.24. The number of fused-ring (bicyclic) bond motifs is 1. The topological polar surface area (TPSA) is 95.1 Å². The van der Waals surface area contributed by atoms with Crippen molar-refractivity contribution in [1.29, 1.82) is 0 Å². The zero-order valence-corrected chi connectivity index (χ0v) is 9.68. The Bertz CT molecular complexity index is 715. The number of nitrogens with one attached hydrogen (secondary N) is 2. The summed E-state index contributed by atoms with van der Waals surface area (Å²) in [7, 11) is 0. The summed E-state index contributed by atoms with van der Waals surface area (Å²) < 4.78 is 0. The number of hydrogen-bond acceptors (Lipinski definition) is 3. The highest BCUT2D eigenvalue weighted by atomic mass is 16.4. The third kappa shape index (κ3) is 1.79. The Hall–Kier alpha value is -2.89.